The fraction of sp³-hybridized carbons (Fsp3) is 0.333. The number of rotatable bonds is 2. The summed E-state index contributed by atoms with van der Waals surface area (Å²) < 4.78 is 5.19. The molecule has 0 spiro atoms. The summed E-state index contributed by atoms with van der Waals surface area (Å²) in [4.78, 5) is 10.6. The zero-order valence-corrected chi connectivity index (χ0v) is 11.7. The highest BCUT2D eigenvalue weighted by Crippen LogP contribution is 2.36. The first-order chi connectivity index (χ1) is 9.69. The Labute approximate surface area is 118 Å². The molecule has 2 N–H and O–H groups in total. The Morgan fingerprint density at radius 3 is 2.90 bits per heavy atom. The highest BCUT2D eigenvalue weighted by molar-refractivity contribution is 5.67. The van der Waals surface area contributed by atoms with Crippen LogP contribution in [0, 0.1) is 0 Å². The molecule has 2 aromatic rings. The number of anilines is 3. The van der Waals surface area contributed by atoms with Crippen molar-refractivity contribution in [3.63, 3.8) is 0 Å². The Balaban J connectivity index is 2.11. The van der Waals surface area contributed by atoms with E-state index < -0.39 is 0 Å². The second-order valence-electron chi connectivity index (χ2n) is 5.01. The van der Waals surface area contributed by atoms with Gasteiger partial charge >= 0.3 is 0 Å². The van der Waals surface area contributed by atoms with Crippen molar-refractivity contribution in [3.05, 3.63) is 35.9 Å². The topological polar surface area (TPSA) is 64.3 Å². The number of fused-ring (bicyclic) bond motifs is 1. The number of methoxy groups -OCH3 is 1. The van der Waals surface area contributed by atoms with E-state index in [-0.39, 0.29) is 5.95 Å². The molecule has 2 heterocycles. The van der Waals surface area contributed by atoms with Gasteiger partial charge in [-0.05, 0) is 31.4 Å². The van der Waals surface area contributed by atoms with Crippen LogP contribution < -0.4 is 15.4 Å². The third kappa shape index (κ3) is 2.15. The van der Waals surface area contributed by atoms with E-state index in [1.807, 2.05) is 12.1 Å². The molecule has 5 nitrogen and oxygen atoms in total. The number of ether oxygens (including phenoxy) is 1. The Morgan fingerprint density at radius 1 is 1.30 bits per heavy atom. The number of aryl methyl sites for hydroxylation is 1. The standard InChI is InChI=1S/C15H18N4O/c1-10-7-8-11-5-3-4-6-12(11)19(10)13-9-14(20-2)18-15(16)17-13/h3-6,9-10H,7-8H2,1-2H3,(H2,16,17,18). The van der Waals surface area contributed by atoms with Crippen molar-refractivity contribution in [1.29, 1.82) is 0 Å². The molecular formula is C15H18N4O. The van der Waals surface area contributed by atoms with Crippen LogP contribution in [0.5, 0.6) is 5.88 Å². The molecule has 5 heteroatoms. The molecule has 0 saturated carbocycles. The van der Waals surface area contributed by atoms with Gasteiger partial charge in [0, 0.05) is 17.8 Å². The lowest BCUT2D eigenvalue weighted by atomic mass is 9.97. The SMILES string of the molecule is COc1cc(N2c3ccccc3CCC2C)nc(N)n1. The molecule has 1 aliphatic heterocycles. The van der Waals surface area contributed by atoms with Gasteiger partial charge in [0.25, 0.3) is 0 Å². The molecule has 0 fully saturated rings. The average molecular weight is 270 g/mol. The second-order valence-corrected chi connectivity index (χ2v) is 5.01. The van der Waals surface area contributed by atoms with Crippen LogP contribution in [0.4, 0.5) is 17.5 Å². The van der Waals surface area contributed by atoms with Gasteiger partial charge in [-0.1, -0.05) is 18.2 Å². The van der Waals surface area contributed by atoms with Gasteiger partial charge < -0.3 is 15.4 Å². The number of nitrogen functional groups attached to an aromatic ring is 1. The zero-order chi connectivity index (χ0) is 14.1. The van der Waals surface area contributed by atoms with Crippen LogP contribution in [-0.2, 0) is 6.42 Å². The van der Waals surface area contributed by atoms with Gasteiger partial charge in [-0.3, -0.25) is 0 Å². The minimum atomic E-state index is 0.231. The van der Waals surface area contributed by atoms with Crippen LogP contribution in [0.25, 0.3) is 0 Å². The molecule has 0 radical (unpaired) electrons. The summed E-state index contributed by atoms with van der Waals surface area (Å²) in [7, 11) is 1.58. The summed E-state index contributed by atoms with van der Waals surface area (Å²) in [6.45, 7) is 2.20. The van der Waals surface area contributed by atoms with E-state index >= 15 is 0 Å². The first-order valence-electron chi connectivity index (χ1n) is 6.74. The fourth-order valence-electron chi connectivity index (χ4n) is 2.70. The highest BCUT2D eigenvalue weighted by Gasteiger charge is 2.25. The van der Waals surface area contributed by atoms with Gasteiger partial charge in [0.05, 0.1) is 7.11 Å². The number of benzene rings is 1. The lowest BCUT2D eigenvalue weighted by Crippen LogP contribution is -2.34. The summed E-state index contributed by atoms with van der Waals surface area (Å²) in [5.41, 5.74) is 8.30. The van der Waals surface area contributed by atoms with Gasteiger partial charge in [0.1, 0.15) is 5.82 Å². The lowest BCUT2D eigenvalue weighted by Gasteiger charge is -2.36. The molecule has 1 aliphatic rings. The van der Waals surface area contributed by atoms with Crippen molar-refractivity contribution < 1.29 is 4.74 Å². The molecule has 1 aromatic carbocycles. The van der Waals surface area contributed by atoms with E-state index in [1.165, 1.54) is 11.3 Å². The third-order valence-electron chi connectivity index (χ3n) is 3.69. The quantitative estimate of drug-likeness (QED) is 0.908. The Hall–Kier alpha value is -2.30. The summed E-state index contributed by atoms with van der Waals surface area (Å²) in [5, 5.41) is 0. The molecule has 104 valence electrons. The van der Waals surface area contributed by atoms with E-state index in [2.05, 4.69) is 40.0 Å². The number of nitrogens with two attached hydrogens (primary N) is 1. The Kier molecular flexibility index (Phi) is 3.18. The van der Waals surface area contributed by atoms with Crippen LogP contribution in [0.1, 0.15) is 18.9 Å². The molecule has 1 unspecified atom stereocenters. The van der Waals surface area contributed by atoms with E-state index in [1.54, 1.807) is 7.11 Å². The van der Waals surface area contributed by atoms with Crippen LogP contribution in [0.2, 0.25) is 0 Å². The van der Waals surface area contributed by atoms with Crippen LogP contribution in [-0.4, -0.2) is 23.1 Å². The first-order valence-corrected chi connectivity index (χ1v) is 6.74. The summed E-state index contributed by atoms with van der Waals surface area (Å²) >= 11 is 0. The zero-order valence-electron chi connectivity index (χ0n) is 11.7. The number of aromatic nitrogens is 2. The molecule has 1 aromatic heterocycles. The molecule has 20 heavy (non-hydrogen) atoms. The van der Waals surface area contributed by atoms with E-state index in [0.717, 1.165) is 18.7 Å². The smallest absolute Gasteiger partial charge is 0.225 e. The van der Waals surface area contributed by atoms with Crippen molar-refractivity contribution >= 4 is 17.5 Å². The molecule has 0 saturated heterocycles. The molecular weight excluding hydrogens is 252 g/mol. The summed E-state index contributed by atoms with van der Waals surface area (Å²) in [6.07, 6.45) is 2.18. The van der Waals surface area contributed by atoms with Gasteiger partial charge in [-0.15, -0.1) is 0 Å². The second kappa shape index (κ2) is 5.00. The molecule has 3 rings (SSSR count). The van der Waals surface area contributed by atoms with Crippen molar-refractivity contribution in [2.75, 3.05) is 17.7 Å². The first kappa shape index (κ1) is 12.7. The highest BCUT2D eigenvalue weighted by atomic mass is 16.5. The van der Waals surface area contributed by atoms with Crippen molar-refractivity contribution in [3.8, 4) is 5.88 Å². The van der Waals surface area contributed by atoms with Crippen LogP contribution in [0.15, 0.2) is 30.3 Å². The van der Waals surface area contributed by atoms with Gasteiger partial charge in [0.15, 0.2) is 0 Å². The number of nitrogens with zero attached hydrogens (tertiary/aromatic N) is 3. The van der Waals surface area contributed by atoms with E-state index in [9.17, 15) is 0 Å². The van der Waals surface area contributed by atoms with Crippen molar-refractivity contribution in [2.24, 2.45) is 0 Å². The number of para-hydroxylation sites is 1. The van der Waals surface area contributed by atoms with Crippen molar-refractivity contribution in [1.82, 2.24) is 9.97 Å². The Bertz CT molecular complexity index is 629. The number of hydrogen-bond acceptors (Lipinski definition) is 5. The average Bonchev–Trinajstić information content (AvgIpc) is 2.46. The van der Waals surface area contributed by atoms with Gasteiger partial charge in [-0.2, -0.15) is 9.97 Å². The van der Waals surface area contributed by atoms with Crippen LogP contribution >= 0.6 is 0 Å². The third-order valence-corrected chi connectivity index (χ3v) is 3.69. The summed E-state index contributed by atoms with van der Waals surface area (Å²) in [6, 6.07) is 10.6. The van der Waals surface area contributed by atoms with E-state index in [0.29, 0.717) is 11.9 Å². The Morgan fingerprint density at radius 2 is 2.10 bits per heavy atom. The lowest BCUT2D eigenvalue weighted by molar-refractivity contribution is 0.397. The van der Waals surface area contributed by atoms with Gasteiger partial charge in [-0.25, -0.2) is 0 Å². The summed E-state index contributed by atoms with van der Waals surface area (Å²) in [5.74, 6) is 1.51. The van der Waals surface area contributed by atoms with Crippen LogP contribution in [0.3, 0.4) is 0 Å². The largest absolute Gasteiger partial charge is 0.481 e. The predicted octanol–water partition coefficient (Wildman–Crippen LogP) is 2.54. The van der Waals surface area contributed by atoms with Gasteiger partial charge in [0.2, 0.25) is 11.8 Å². The fourth-order valence-corrected chi connectivity index (χ4v) is 2.70. The minimum absolute atomic E-state index is 0.231. The molecule has 0 aliphatic carbocycles. The maximum Gasteiger partial charge on any atom is 0.225 e. The molecule has 1 atom stereocenters. The predicted molar refractivity (Wildman–Crippen MR) is 79.4 cm³/mol. The number of hydrogen-bond donors (Lipinski definition) is 1. The minimum Gasteiger partial charge on any atom is -0.481 e. The monoisotopic (exact) mass is 270 g/mol. The molecule has 0 bridgehead atoms. The van der Waals surface area contributed by atoms with Crippen molar-refractivity contribution in [2.45, 2.75) is 25.8 Å². The maximum absolute atomic E-state index is 5.78. The maximum atomic E-state index is 5.78. The normalized spacial score (nSPS) is 17.7. The molecule has 0 amide bonds. The van der Waals surface area contributed by atoms with E-state index in [4.69, 9.17) is 10.5 Å².